The Kier molecular flexibility index (Phi) is 4.51. The third-order valence-electron chi connectivity index (χ3n) is 3.96. The molecule has 0 spiro atoms. The summed E-state index contributed by atoms with van der Waals surface area (Å²) in [6.45, 7) is 0.928. The number of rotatable bonds is 4. The Morgan fingerprint density at radius 2 is 1.86 bits per heavy atom. The molecule has 0 aliphatic carbocycles. The normalized spacial score (nSPS) is 17.3. The zero-order chi connectivity index (χ0) is 14.7. The first-order valence-electron chi connectivity index (χ1n) is 7.45. The standard InChI is InChI=1S/C18H22N2S/c1-20(2)15-9-7-14(8-10-15)13-19-17-11-12-21-18-6-4-3-5-16(17)18/h3-10,17,19H,11-13H2,1-2H3. The number of hydrogen-bond donors (Lipinski definition) is 1. The molecule has 1 N–H and O–H groups in total. The fraction of sp³-hybridized carbons (Fsp3) is 0.333. The highest BCUT2D eigenvalue weighted by molar-refractivity contribution is 7.99. The van der Waals surface area contributed by atoms with Crippen molar-refractivity contribution >= 4 is 17.4 Å². The van der Waals surface area contributed by atoms with Crippen molar-refractivity contribution in [3.05, 3.63) is 59.7 Å². The van der Waals surface area contributed by atoms with Crippen LogP contribution in [0.3, 0.4) is 0 Å². The van der Waals surface area contributed by atoms with E-state index in [-0.39, 0.29) is 0 Å². The maximum absolute atomic E-state index is 3.72. The maximum atomic E-state index is 3.72. The molecule has 0 saturated heterocycles. The van der Waals surface area contributed by atoms with Crippen LogP contribution in [0.15, 0.2) is 53.4 Å². The number of nitrogens with one attached hydrogen (secondary N) is 1. The monoisotopic (exact) mass is 298 g/mol. The van der Waals surface area contributed by atoms with Crippen molar-refractivity contribution in [1.82, 2.24) is 5.32 Å². The van der Waals surface area contributed by atoms with Crippen LogP contribution in [0.4, 0.5) is 5.69 Å². The SMILES string of the molecule is CN(C)c1ccc(CNC2CCSc3ccccc32)cc1. The Morgan fingerprint density at radius 3 is 2.62 bits per heavy atom. The maximum Gasteiger partial charge on any atom is 0.0361 e. The first kappa shape index (κ1) is 14.5. The van der Waals surface area contributed by atoms with E-state index in [2.05, 4.69) is 72.8 Å². The predicted molar refractivity (Wildman–Crippen MR) is 92.1 cm³/mol. The fourth-order valence-electron chi connectivity index (χ4n) is 2.71. The number of hydrogen-bond acceptors (Lipinski definition) is 3. The molecule has 1 heterocycles. The molecular formula is C18H22N2S. The Labute approximate surface area is 131 Å². The van der Waals surface area contributed by atoms with E-state index < -0.39 is 0 Å². The van der Waals surface area contributed by atoms with E-state index in [4.69, 9.17) is 0 Å². The van der Waals surface area contributed by atoms with Crippen LogP contribution in [0.2, 0.25) is 0 Å². The van der Waals surface area contributed by atoms with Crippen LogP contribution >= 0.6 is 11.8 Å². The number of thioether (sulfide) groups is 1. The lowest BCUT2D eigenvalue weighted by Gasteiger charge is -2.26. The van der Waals surface area contributed by atoms with Gasteiger partial charge in [-0.25, -0.2) is 0 Å². The lowest BCUT2D eigenvalue weighted by Crippen LogP contribution is -2.24. The van der Waals surface area contributed by atoms with Crippen LogP contribution in [-0.4, -0.2) is 19.8 Å². The minimum absolute atomic E-state index is 0.482. The fourth-order valence-corrected chi connectivity index (χ4v) is 3.83. The van der Waals surface area contributed by atoms with Crippen LogP contribution < -0.4 is 10.2 Å². The molecule has 2 aromatic rings. The second-order valence-corrected chi connectivity index (χ2v) is 6.81. The molecule has 110 valence electrons. The summed E-state index contributed by atoms with van der Waals surface area (Å²) in [4.78, 5) is 3.57. The average Bonchev–Trinajstić information content (AvgIpc) is 2.53. The molecule has 1 aliphatic rings. The van der Waals surface area contributed by atoms with Crippen LogP contribution in [0.25, 0.3) is 0 Å². The second kappa shape index (κ2) is 6.54. The molecule has 1 unspecified atom stereocenters. The van der Waals surface area contributed by atoms with E-state index >= 15 is 0 Å². The summed E-state index contributed by atoms with van der Waals surface area (Å²) in [7, 11) is 4.15. The van der Waals surface area contributed by atoms with Crippen LogP contribution in [0.1, 0.15) is 23.6 Å². The number of fused-ring (bicyclic) bond motifs is 1. The molecule has 0 amide bonds. The van der Waals surface area contributed by atoms with Crippen molar-refractivity contribution in [1.29, 1.82) is 0 Å². The highest BCUT2D eigenvalue weighted by Gasteiger charge is 2.19. The molecule has 2 aromatic carbocycles. The minimum Gasteiger partial charge on any atom is -0.378 e. The van der Waals surface area contributed by atoms with Crippen LogP contribution in [0.5, 0.6) is 0 Å². The quantitative estimate of drug-likeness (QED) is 0.915. The van der Waals surface area contributed by atoms with Crippen LogP contribution in [0, 0.1) is 0 Å². The van der Waals surface area contributed by atoms with Gasteiger partial charge in [0, 0.05) is 37.3 Å². The first-order valence-corrected chi connectivity index (χ1v) is 8.44. The van der Waals surface area contributed by atoms with Crippen molar-refractivity contribution in [3.63, 3.8) is 0 Å². The molecule has 0 aromatic heterocycles. The van der Waals surface area contributed by atoms with Crippen molar-refractivity contribution in [2.45, 2.75) is 23.9 Å². The largest absolute Gasteiger partial charge is 0.378 e. The van der Waals surface area contributed by atoms with Gasteiger partial charge in [0.2, 0.25) is 0 Å². The third kappa shape index (κ3) is 3.42. The molecule has 1 aliphatic heterocycles. The molecule has 2 nitrogen and oxygen atoms in total. The van der Waals surface area contributed by atoms with Crippen molar-refractivity contribution in [2.24, 2.45) is 0 Å². The van der Waals surface area contributed by atoms with E-state index in [0.29, 0.717) is 6.04 Å². The summed E-state index contributed by atoms with van der Waals surface area (Å²) >= 11 is 1.97. The summed E-state index contributed by atoms with van der Waals surface area (Å²) in [6.07, 6.45) is 1.21. The van der Waals surface area contributed by atoms with Gasteiger partial charge < -0.3 is 10.2 Å². The van der Waals surface area contributed by atoms with Gasteiger partial charge >= 0.3 is 0 Å². The topological polar surface area (TPSA) is 15.3 Å². The smallest absolute Gasteiger partial charge is 0.0361 e. The van der Waals surface area contributed by atoms with E-state index in [9.17, 15) is 0 Å². The lowest BCUT2D eigenvalue weighted by molar-refractivity contribution is 0.510. The van der Waals surface area contributed by atoms with E-state index in [1.165, 1.54) is 33.9 Å². The highest BCUT2D eigenvalue weighted by Crippen LogP contribution is 2.35. The van der Waals surface area contributed by atoms with Crippen molar-refractivity contribution < 1.29 is 0 Å². The van der Waals surface area contributed by atoms with Gasteiger partial charge in [0.05, 0.1) is 0 Å². The van der Waals surface area contributed by atoms with Gasteiger partial charge in [-0.2, -0.15) is 0 Å². The van der Waals surface area contributed by atoms with E-state index in [1.807, 2.05) is 11.8 Å². The molecule has 0 fully saturated rings. The van der Waals surface area contributed by atoms with Gasteiger partial charge in [0.1, 0.15) is 0 Å². The Balaban J connectivity index is 1.66. The van der Waals surface area contributed by atoms with Gasteiger partial charge in [-0.3, -0.25) is 0 Å². The Bertz CT molecular complexity index is 592. The first-order chi connectivity index (χ1) is 10.2. The zero-order valence-electron chi connectivity index (χ0n) is 12.7. The molecule has 1 atom stereocenters. The summed E-state index contributed by atoms with van der Waals surface area (Å²) in [5.74, 6) is 1.20. The predicted octanol–water partition coefficient (Wildman–Crippen LogP) is 4.08. The van der Waals surface area contributed by atoms with Crippen molar-refractivity contribution in [3.8, 4) is 0 Å². The van der Waals surface area contributed by atoms with Gasteiger partial charge in [-0.15, -0.1) is 11.8 Å². The summed E-state index contributed by atoms with van der Waals surface area (Å²) in [5.41, 5.74) is 4.05. The second-order valence-electron chi connectivity index (χ2n) is 5.67. The number of anilines is 1. The third-order valence-corrected chi connectivity index (χ3v) is 5.09. The van der Waals surface area contributed by atoms with Gasteiger partial charge in [-0.05, 0) is 41.5 Å². The van der Waals surface area contributed by atoms with E-state index in [0.717, 1.165) is 6.54 Å². The van der Waals surface area contributed by atoms with E-state index in [1.54, 1.807) is 0 Å². The number of benzene rings is 2. The Hall–Kier alpha value is -1.45. The number of nitrogens with zero attached hydrogens (tertiary/aromatic N) is 1. The summed E-state index contributed by atoms with van der Waals surface area (Å²) < 4.78 is 0. The minimum atomic E-state index is 0.482. The van der Waals surface area contributed by atoms with Gasteiger partial charge in [-0.1, -0.05) is 30.3 Å². The van der Waals surface area contributed by atoms with Crippen LogP contribution in [-0.2, 0) is 6.54 Å². The van der Waals surface area contributed by atoms with Crippen molar-refractivity contribution in [2.75, 3.05) is 24.7 Å². The molecule has 0 bridgehead atoms. The molecular weight excluding hydrogens is 276 g/mol. The van der Waals surface area contributed by atoms with Gasteiger partial charge in [0.25, 0.3) is 0 Å². The molecule has 3 heteroatoms. The highest BCUT2D eigenvalue weighted by atomic mass is 32.2. The molecule has 21 heavy (non-hydrogen) atoms. The molecule has 0 saturated carbocycles. The molecule has 3 rings (SSSR count). The average molecular weight is 298 g/mol. The summed E-state index contributed by atoms with van der Waals surface area (Å²) in [5, 5.41) is 3.72. The zero-order valence-corrected chi connectivity index (χ0v) is 13.5. The molecule has 0 radical (unpaired) electrons. The summed E-state index contributed by atoms with van der Waals surface area (Å²) in [6, 6.07) is 18.0. The lowest BCUT2D eigenvalue weighted by atomic mass is 10.0. The van der Waals surface area contributed by atoms with Gasteiger partial charge in [0.15, 0.2) is 0 Å². The Morgan fingerprint density at radius 1 is 1.10 bits per heavy atom.